The number of alkyl halides is 3. The fourth-order valence-electron chi connectivity index (χ4n) is 2.34. The Morgan fingerprint density at radius 3 is 2.64 bits per heavy atom. The zero-order valence-electron chi connectivity index (χ0n) is 13.0. The summed E-state index contributed by atoms with van der Waals surface area (Å²) in [5.41, 5.74) is 0.831. The second-order valence-corrected chi connectivity index (χ2v) is 5.30. The van der Waals surface area contributed by atoms with Crippen LogP contribution in [0.1, 0.15) is 5.56 Å². The maximum atomic E-state index is 12.9. The van der Waals surface area contributed by atoms with Gasteiger partial charge in [0.25, 0.3) is 0 Å². The molecule has 0 aliphatic carbocycles. The molecule has 0 saturated heterocycles. The van der Waals surface area contributed by atoms with Crippen LogP contribution in [0.2, 0.25) is 0 Å². The van der Waals surface area contributed by atoms with Gasteiger partial charge in [0, 0.05) is 16.9 Å². The van der Waals surface area contributed by atoms with Crippen molar-refractivity contribution in [1.29, 1.82) is 0 Å². The first-order chi connectivity index (χ1) is 12.0. The molecule has 0 amide bonds. The predicted molar refractivity (Wildman–Crippen MR) is 87.3 cm³/mol. The number of para-hydroxylation sites is 1. The molecule has 8 heteroatoms. The number of aliphatic hydroxyl groups excluding tert-OH is 1. The van der Waals surface area contributed by atoms with Crippen LogP contribution < -0.4 is 5.32 Å². The van der Waals surface area contributed by atoms with Crippen molar-refractivity contribution < 1.29 is 18.3 Å². The van der Waals surface area contributed by atoms with Crippen LogP contribution in [-0.2, 0) is 12.7 Å². The molecule has 130 valence electrons. The van der Waals surface area contributed by atoms with Crippen LogP contribution in [0.4, 0.5) is 24.5 Å². The number of hydrogen-bond donors (Lipinski definition) is 2. The summed E-state index contributed by atoms with van der Waals surface area (Å²) < 4.78 is 40.1. The molecule has 1 heterocycles. The van der Waals surface area contributed by atoms with Gasteiger partial charge in [-0.15, -0.1) is 0 Å². The van der Waals surface area contributed by atoms with E-state index in [4.69, 9.17) is 5.11 Å². The summed E-state index contributed by atoms with van der Waals surface area (Å²) in [6.45, 7) is 0.253. The van der Waals surface area contributed by atoms with E-state index in [9.17, 15) is 13.2 Å². The summed E-state index contributed by atoms with van der Waals surface area (Å²) in [6.07, 6.45) is -2.91. The van der Waals surface area contributed by atoms with Gasteiger partial charge in [-0.05, 0) is 30.3 Å². The minimum Gasteiger partial charge on any atom is -0.394 e. The number of nitrogens with zero attached hydrogens (tertiary/aromatic N) is 3. The summed E-state index contributed by atoms with van der Waals surface area (Å²) in [4.78, 5) is 4.18. The molecule has 0 radical (unpaired) electrons. The molecule has 5 nitrogen and oxygen atoms in total. The third-order valence-electron chi connectivity index (χ3n) is 3.50. The third-order valence-corrected chi connectivity index (χ3v) is 3.50. The highest BCUT2D eigenvalue weighted by Crippen LogP contribution is 2.33. The molecule has 3 aromatic rings. The summed E-state index contributed by atoms with van der Waals surface area (Å²) in [5, 5.41) is 16.2. The van der Waals surface area contributed by atoms with E-state index in [-0.39, 0.29) is 6.61 Å². The van der Waals surface area contributed by atoms with E-state index in [0.29, 0.717) is 29.3 Å². The normalized spacial score (nSPS) is 11.5. The molecular formula is C17H15F3N4O. The Bertz CT molecular complexity index is 861. The monoisotopic (exact) mass is 348 g/mol. The number of rotatable bonds is 5. The lowest BCUT2D eigenvalue weighted by molar-refractivity contribution is -0.137. The van der Waals surface area contributed by atoms with Crippen molar-refractivity contribution >= 4 is 11.4 Å². The van der Waals surface area contributed by atoms with Crippen LogP contribution >= 0.6 is 0 Å². The lowest BCUT2D eigenvalue weighted by atomic mass is 10.1. The Labute approximate surface area is 141 Å². The van der Waals surface area contributed by atoms with Gasteiger partial charge in [0.15, 0.2) is 5.82 Å². The Balaban J connectivity index is 1.91. The Kier molecular flexibility index (Phi) is 4.71. The highest BCUT2D eigenvalue weighted by atomic mass is 19.4. The summed E-state index contributed by atoms with van der Waals surface area (Å²) in [7, 11) is 0. The van der Waals surface area contributed by atoms with Crippen molar-refractivity contribution in [2.45, 2.75) is 12.7 Å². The molecule has 0 aliphatic rings. The van der Waals surface area contributed by atoms with E-state index in [1.54, 1.807) is 30.3 Å². The van der Waals surface area contributed by atoms with Gasteiger partial charge in [0.1, 0.15) is 6.33 Å². The Hall–Kier alpha value is -2.87. The van der Waals surface area contributed by atoms with Gasteiger partial charge in [0.2, 0.25) is 0 Å². The van der Waals surface area contributed by atoms with E-state index in [1.165, 1.54) is 17.1 Å². The highest BCUT2D eigenvalue weighted by molar-refractivity contribution is 5.77. The van der Waals surface area contributed by atoms with Gasteiger partial charge >= 0.3 is 6.18 Å². The van der Waals surface area contributed by atoms with Crippen LogP contribution in [0.15, 0.2) is 54.9 Å². The molecule has 3 rings (SSSR count). The maximum Gasteiger partial charge on any atom is 0.416 e. The van der Waals surface area contributed by atoms with E-state index in [0.717, 1.165) is 12.1 Å². The molecule has 0 atom stereocenters. The molecule has 1 aromatic heterocycles. The topological polar surface area (TPSA) is 63.0 Å². The lowest BCUT2D eigenvalue weighted by Crippen LogP contribution is -2.05. The number of aliphatic hydroxyl groups is 1. The van der Waals surface area contributed by atoms with Crippen molar-refractivity contribution in [3.8, 4) is 11.4 Å². The van der Waals surface area contributed by atoms with E-state index < -0.39 is 11.7 Å². The third kappa shape index (κ3) is 3.97. The number of hydrogen-bond acceptors (Lipinski definition) is 4. The number of nitrogens with one attached hydrogen (secondary N) is 1. The van der Waals surface area contributed by atoms with Gasteiger partial charge in [-0.25, -0.2) is 4.98 Å². The SMILES string of the molecule is OCCn1cnc(-c2ccccc2Nc2cccc(C(F)(F)F)c2)n1. The van der Waals surface area contributed by atoms with Crippen LogP contribution in [0.5, 0.6) is 0 Å². The van der Waals surface area contributed by atoms with Gasteiger partial charge in [-0.2, -0.15) is 18.3 Å². The minimum atomic E-state index is -4.40. The Morgan fingerprint density at radius 1 is 1.08 bits per heavy atom. The molecule has 0 fully saturated rings. The second kappa shape index (κ2) is 6.94. The van der Waals surface area contributed by atoms with Crippen LogP contribution in [0.25, 0.3) is 11.4 Å². The summed E-state index contributed by atoms with van der Waals surface area (Å²) in [5.74, 6) is 0.420. The summed E-state index contributed by atoms with van der Waals surface area (Å²) in [6, 6.07) is 12.1. The fourth-order valence-corrected chi connectivity index (χ4v) is 2.34. The maximum absolute atomic E-state index is 12.9. The lowest BCUT2D eigenvalue weighted by Gasteiger charge is -2.12. The molecule has 2 N–H and O–H groups in total. The van der Waals surface area contributed by atoms with Crippen molar-refractivity contribution in [3.05, 3.63) is 60.4 Å². The molecule has 0 saturated carbocycles. The molecule has 0 spiro atoms. The van der Waals surface area contributed by atoms with E-state index >= 15 is 0 Å². The molecular weight excluding hydrogens is 333 g/mol. The highest BCUT2D eigenvalue weighted by Gasteiger charge is 2.30. The number of halogens is 3. The van der Waals surface area contributed by atoms with E-state index in [1.807, 2.05) is 0 Å². The Morgan fingerprint density at radius 2 is 1.88 bits per heavy atom. The molecule has 0 unspecified atom stereocenters. The molecule has 2 aromatic carbocycles. The van der Waals surface area contributed by atoms with Gasteiger partial charge in [0.05, 0.1) is 18.7 Å². The van der Waals surface area contributed by atoms with E-state index in [2.05, 4.69) is 15.4 Å². The first-order valence-corrected chi connectivity index (χ1v) is 7.51. The fraction of sp³-hybridized carbons (Fsp3) is 0.176. The van der Waals surface area contributed by atoms with Crippen molar-refractivity contribution in [3.63, 3.8) is 0 Å². The number of anilines is 2. The first kappa shape index (κ1) is 17.0. The average Bonchev–Trinajstić information content (AvgIpc) is 3.04. The van der Waals surface area contributed by atoms with Crippen molar-refractivity contribution in [2.24, 2.45) is 0 Å². The summed E-state index contributed by atoms with van der Waals surface area (Å²) >= 11 is 0. The van der Waals surface area contributed by atoms with Crippen LogP contribution in [0, 0.1) is 0 Å². The second-order valence-electron chi connectivity index (χ2n) is 5.30. The van der Waals surface area contributed by atoms with Crippen LogP contribution in [-0.4, -0.2) is 26.5 Å². The zero-order valence-corrected chi connectivity index (χ0v) is 13.0. The van der Waals surface area contributed by atoms with Crippen molar-refractivity contribution in [1.82, 2.24) is 14.8 Å². The number of aromatic nitrogens is 3. The predicted octanol–water partition coefficient (Wildman–Crippen LogP) is 3.70. The van der Waals surface area contributed by atoms with Crippen LogP contribution in [0.3, 0.4) is 0 Å². The molecule has 0 bridgehead atoms. The molecule has 0 aliphatic heterocycles. The van der Waals surface area contributed by atoms with Gasteiger partial charge in [-0.3, -0.25) is 4.68 Å². The van der Waals surface area contributed by atoms with Crippen molar-refractivity contribution in [2.75, 3.05) is 11.9 Å². The number of benzene rings is 2. The average molecular weight is 348 g/mol. The minimum absolute atomic E-state index is 0.0626. The van der Waals surface area contributed by atoms with Gasteiger partial charge in [-0.1, -0.05) is 18.2 Å². The van der Waals surface area contributed by atoms with Gasteiger partial charge < -0.3 is 10.4 Å². The molecule has 25 heavy (non-hydrogen) atoms. The largest absolute Gasteiger partial charge is 0.416 e. The first-order valence-electron chi connectivity index (χ1n) is 7.51. The zero-order chi connectivity index (χ0) is 17.9. The quantitative estimate of drug-likeness (QED) is 0.738. The smallest absolute Gasteiger partial charge is 0.394 e. The standard InChI is InChI=1S/C17H15F3N4O/c18-17(19,20)12-4-3-5-13(10-12)22-15-7-2-1-6-14(15)16-21-11-24(23-16)8-9-25/h1-7,10-11,22,25H,8-9H2.